The second-order valence-corrected chi connectivity index (χ2v) is 4.66. The Labute approximate surface area is 77.0 Å². The van der Waals surface area contributed by atoms with E-state index in [1.807, 2.05) is 0 Å². The molecular formula is C4H8I2N2. The van der Waals surface area contributed by atoms with Crippen molar-refractivity contribution in [2.24, 2.45) is 0 Å². The molecule has 1 N–H and O–H groups in total. The minimum atomic E-state index is 0.651. The highest BCUT2D eigenvalue weighted by atomic mass is 127. The van der Waals surface area contributed by atoms with Gasteiger partial charge in [0.25, 0.3) is 0 Å². The molecule has 0 spiro atoms. The first-order valence-corrected chi connectivity index (χ1v) is 4.78. The van der Waals surface area contributed by atoms with E-state index >= 15 is 0 Å². The number of piperazine rings is 1. The molecule has 0 aromatic carbocycles. The van der Waals surface area contributed by atoms with Crippen LogP contribution in [-0.4, -0.2) is 26.8 Å². The molecule has 1 rings (SSSR count). The van der Waals surface area contributed by atoms with Crippen molar-refractivity contribution in [2.75, 3.05) is 19.6 Å². The van der Waals surface area contributed by atoms with Crippen LogP contribution in [0.25, 0.3) is 0 Å². The molecule has 1 atom stereocenters. The Bertz CT molecular complexity index is 70.4. The van der Waals surface area contributed by atoms with Crippen molar-refractivity contribution in [3.8, 4) is 0 Å². The van der Waals surface area contributed by atoms with Gasteiger partial charge in [-0.15, -0.1) is 0 Å². The summed E-state index contributed by atoms with van der Waals surface area (Å²) in [5, 5.41) is 3.35. The van der Waals surface area contributed by atoms with E-state index in [0.717, 1.165) is 6.54 Å². The predicted octanol–water partition coefficient (Wildman–Crippen LogP) is 1.00. The van der Waals surface area contributed by atoms with Gasteiger partial charge in [-0.05, 0) is 0 Å². The quantitative estimate of drug-likeness (QED) is 0.307. The molecule has 0 amide bonds. The van der Waals surface area contributed by atoms with Gasteiger partial charge in [0.2, 0.25) is 0 Å². The molecule has 1 unspecified atom stereocenters. The lowest BCUT2D eigenvalue weighted by atomic mass is 10.4. The van der Waals surface area contributed by atoms with E-state index in [1.54, 1.807) is 0 Å². The second kappa shape index (κ2) is 3.52. The normalized spacial score (nSPS) is 33.0. The van der Waals surface area contributed by atoms with E-state index in [2.05, 4.69) is 53.9 Å². The minimum absolute atomic E-state index is 0.651. The molecule has 0 saturated carbocycles. The summed E-state index contributed by atoms with van der Waals surface area (Å²) in [4.78, 5) is 0. The van der Waals surface area contributed by atoms with E-state index in [1.165, 1.54) is 13.1 Å². The zero-order valence-electron chi connectivity index (χ0n) is 4.40. The number of alkyl halides is 1. The standard InChI is InChI=1S/C4H8I2N2/c5-4-3-8(6)2-1-7-4/h4,7H,1-3H2. The maximum atomic E-state index is 3.35. The fourth-order valence-electron chi connectivity index (χ4n) is 0.672. The van der Waals surface area contributed by atoms with Crippen LogP contribution in [0.2, 0.25) is 0 Å². The lowest BCUT2D eigenvalue weighted by molar-refractivity contribution is 0.413. The van der Waals surface area contributed by atoms with E-state index < -0.39 is 0 Å². The van der Waals surface area contributed by atoms with Gasteiger partial charge in [0.1, 0.15) is 0 Å². The zero-order chi connectivity index (χ0) is 5.98. The van der Waals surface area contributed by atoms with Crippen molar-refractivity contribution in [1.82, 2.24) is 8.43 Å². The van der Waals surface area contributed by atoms with Crippen molar-refractivity contribution in [2.45, 2.75) is 4.05 Å². The van der Waals surface area contributed by atoms with Gasteiger partial charge in [0, 0.05) is 42.5 Å². The summed E-state index contributed by atoms with van der Waals surface area (Å²) in [5.74, 6) is 0. The molecule has 0 aromatic rings. The fourth-order valence-corrected chi connectivity index (χ4v) is 2.85. The highest BCUT2D eigenvalue weighted by Gasteiger charge is 2.12. The minimum Gasteiger partial charge on any atom is -0.303 e. The number of rotatable bonds is 0. The summed E-state index contributed by atoms with van der Waals surface area (Å²) in [7, 11) is 0. The zero-order valence-corrected chi connectivity index (χ0v) is 8.72. The number of halogens is 2. The van der Waals surface area contributed by atoms with Crippen LogP contribution in [-0.2, 0) is 0 Å². The molecule has 1 heterocycles. The van der Waals surface area contributed by atoms with Crippen LogP contribution in [0.3, 0.4) is 0 Å². The Hall–Kier alpha value is 1.38. The molecule has 8 heavy (non-hydrogen) atoms. The van der Waals surface area contributed by atoms with Gasteiger partial charge < -0.3 is 5.32 Å². The van der Waals surface area contributed by atoms with Crippen LogP contribution in [0.1, 0.15) is 0 Å². The van der Waals surface area contributed by atoms with E-state index in [4.69, 9.17) is 0 Å². The number of nitrogens with one attached hydrogen (secondary N) is 1. The van der Waals surface area contributed by atoms with Crippen molar-refractivity contribution < 1.29 is 0 Å². The van der Waals surface area contributed by atoms with Crippen molar-refractivity contribution in [1.29, 1.82) is 0 Å². The maximum Gasteiger partial charge on any atom is 0.0731 e. The molecule has 0 bridgehead atoms. The first kappa shape index (κ1) is 7.49. The van der Waals surface area contributed by atoms with Crippen molar-refractivity contribution in [3.05, 3.63) is 0 Å². The average Bonchev–Trinajstić information content (AvgIpc) is 1.64. The molecule has 48 valence electrons. The van der Waals surface area contributed by atoms with Gasteiger partial charge in [-0.2, -0.15) is 0 Å². The summed E-state index contributed by atoms with van der Waals surface area (Å²) in [6.45, 7) is 3.48. The molecule has 2 nitrogen and oxygen atoms in total. The number of nitrogens with zero attached hydrogens (tertiary/aromatic N) is 1. The summed E-state index contributed by atoms with van der Waals surface area (Å²) in [5.41, 5.74) is 0. The summed E-state index contributed by atoms with van der Waals surface area (Å²) in [6.07, 6.45) is 0. The summed E-state index contributed by atoms with van der Waals surface area (Å²) in [6, 6.07) is 0. The number of hydrogen-bond donors (Lipinski definition) is 1. The van der Waals surface area contributed by atoms with Gasteiger partial charge in [-0.3, -0.25) is 0 Å². The maximum absolute atomic E-state index is 3.35. The monoisotopic (exact) mass is 338 g/mol. The lowest BCUT2D eigenvalue weighted by Gasteiger charge is -2.25. The Balaban J connectivity index is 2.23. The van der Waals surface area contributed by atoms with Gasteiger partial charge in [-0.1, -0.05) is 22.6 Å². The number of hydrogen-bond acceptors (Lipinski definition) is 2. The smallest absolute Gasteiger partial charge is 0.0731 e. The fraction of sp³-hybridized carbons (Fsp3) is 1.00. The molecule has 0 aliphatic carbocycles. The Morgan fingerprint density at radius 3 is 2.75 bits per heavy atom. The summed E-state index contributed by atoms with van der Waals surface area (Å²) >= 11 is 4.77. The van der Waals surface area contributed by atoms with Crippen LogP contribution in [0, 0.1) is 0 Å². The van der Waals surface area contributed by atoms with Crippen LogP contribution < -0.4 is 5.32 Å². The van der Waals surface area contributed by atoms with Gasteiger partial charge >= 0.3 is 0 Å². The average molecular weight is 338 g/mol. The van der Waals surface area contributed by atoms with Crippen LogP contribution in [0.5, 0.6) is 0 Å². The molecule has 4 heteroatoms. The first-order chi connectivity index (χ1) is 3.79. The Morgan fingerprint density at radius 1 is 1.62 bits per heavy atom. The second-order valence-electron chi connectivity index (χ2n) is 1.79. The Morgan fingerprint density at radius 2 is 2.38 bits per heavy atom. The SMILES string of the molecule is IC1CN(I)CCN1. The van der Waals surface area contributed by atoms with Crippen LogP contribution >= 0.6 is 45.5 Å². The topological polar surface area (TPSA) is 15.3 Å². The summed E-state index contributed by atoms with van der Waals surface area (Å²) < 4.78 is 2.96. The van der Waals surface area contributed by atoms with Crippen LogP contribution in [0.15, 0.2) is 0 Å². The van der Waals surface area contributed by atoms with E-state index in [-0.39, 0.29) is 0 Å². The van der Waals surface area contributed by atoms with E-state index in [0.29, 0.717) is 4.05 Å². The molecule has 1 aliphatic rings. The molecule has 1 fully saturated rings. The molecular weight excluding hydrogens is 330 g/mol. The van der Waals surface area contributed by atoms with E-state index in [9.17, 15) is 0 Å². The molecule has 1 saturated heterocycles. The van der Waals surface area contributed by atoms with Gasteiger partial charge in [0.15, 0.2) is 0 Å². The predicted molar refractivity (Wildman–Crippen MR) is 51.4 cm³/mol. The molecule has 1 aliphatic heterocycles. The molecule has 0 radical (unpaired) electrons. The highest BCUT2D eigenvalue weighted by molar-refractivity contribution is 14.1. The lowest BCUT2D eigenvalue weighted by Crippen LogP contribution is -2.43. The Kier molecular flexibility index (Phi) is 3.30. The van der Waals surface area contributed by atoms with Crippen molar-refractivity contribution in [3.63, 3.8) is 0 Å². The third-order valence-corrected chi connectivity index (χ3v) is 2.79. The first-order valence-electron chi connectivity index (χ1n) is 2.57. The highest BCUT2D eigenvalue weighted by Crippen LogP contribution is 2.08. The largest absolute Gasteiger partial charge is 0.303 e. The van der Waals surface area contributed by atoms with Crippen LogP contribution in [0.4, 0.5) is 0 Å². The molecule has 0 aromatic heterocycles. The third-order valence-electron chi connectivity index (χ3n) is 1.08. The van der Waals surface area contributed by atoms with Gasteiger partial charge in [-0.25, -0.2) is 3.11 Å². The van der Waals surface area contributed by atoms with Gasteiger partial charge in [0.05, 0.1) is 4.05 Å². The third kappa shape index (κ3) is 2.32. The van der Waals surface area contributed by atoms with Crippen molar-refractivity contribution >= 4 is 45.5 Å².